The van der Waals surface area contributed by atoms with Gasteiger partial charge in [-0.2, -0.15) is 9.97 Å². The summed E-state index contributed by atoms with van der Waals surface area (Å²) in [6, 6.07) is -0.0477. The minimum Gasteiger partial charge on any atom is -0.394 e. The van der Waals surface area contributed by atoms with Crippen LogP contribution in [0.2, 0.25) is 0 Å². The smallest absolute Gasteiger partial charge is 0.224 e. The molecule has 0 radical (unpaired) electrons. The van der Waals surface area contributed by atoms with Crippen LogP contribution in [0.1, 0.15) is 25.5 Å². The van der Waals surface area contributed by atoms with Gasteiger partial charge in [0.1, 0.15) is 11.7 Å². The van der Waals surface area contributed by atoms with Gasteiger partial charge >= 0.3 is 0 Å². The molecule has 3 atom stereocenters. The molecule has 3 heterocycles. The number of nitrogen functional groups attached to an aromatic ring is 1. The van der Waals surface area contributed by atoms with Gasteiger partial charge in [0.2, 0.25) is 5.95 Å². The number of ether oxygens (including phenoxy) is 1. The number of fused-ring (bicyclic) bond motifs is 1. The quantitative estimate of drug-likeness (QED) is 0.417. The van der Waals surface area contributed by atoms with Crippen LogP contribution >= 0.6 is 0 Å². The van der Waals surface area contributed by atoms with Gasteiger partial charge in [-0.25, -0.2) is 4.98 Å². The molecule has 2 fully saturated rings. The molecule has 1 saturated carbocycles. The predicted octanol–water partition coefficient (Wildman–Crippen LogP) is 0.942. The Hall–Kier alpha value is -2.62. The number of azide groups is 1. The van der Waals surface area contributed by atoms with E-state index in [0.29, 0.717) is 29.4 Å². The molecule has 1 aliphatic carbocycles. The van der Waals surface area contributed by atoms with Crippen molar-refractivity contribution < 1.29 is 9.84 Å². The topological polar surface area (TPSA) is 160 Å². The lowest BCUT2D eigenvalue weighted by atomic mass is 10.1. The molecule has 11 heteroatoms. The highest BCUT2D eigenvalue weighted by molar-refractivity contribution is 5.84. The maximum atomic E-state index is 9.42. The largest absolute Gasteiger partial charge is 0.394 e. The summed E-state index contributed by atoms with van der Waals surface area (Å²) in [5, 5.41) is 16.5. The fraction of sp³-hybridized carbons (Fsp3) is 0.615. The molecule has 1 unspecified atom stereocenters. The van der Waals surface area contributed by atoms with Gasteiger partial charge in [-0.3, -0.25) is 4.57 Å². The van der Waals surface area contributed by atoms with E-state index >= 15 is 0 Å². The van der Waals surface area contributed by atoms with Crippen LogP contribution < -0.4 is 11.1 Å². The third kappa shape index (κ3) is 2.58. The van der Waals surface area contributed by atoms with Gasteiger partial charge in [-0.1, -0.05) is 5.11 Å². The SMILES string of the molecule is [N-]=[N+]=NC1C[C@H](n2cnc3nc(N)nc(NC4CC4)c32)O[C@@H]1CO. The highest BCUT2D eigenvalue weighted by Gasteiger charge is 2.36. The molecule has 4 N–H and O–H groups in total. The normalized spacial score (nSPS) is 26.5. The van der Waals surface area contributed by atoms with E-state index < -0.39 is 18.4 Å². The minimum atomic E-state index is -0.544. The monoisotopic (exact) mass is 331 g/mol. The van der Waals surface area contributed by atoms with Crippen LogP contribution in [0, 0.1) is 0 Å². The Kier molecular flexibility index (Phi) is 3.60. The van der Waals surface area contributed by atoms with Crippen molar-refractivity contribution in [2.75, 3.05) is 17.7 Å². The lowest BCUT2D eigenvalue weighted by molar-refractivity contribution is -0.0230. The highest BCUT2D eigenvalue weighted by Crippen LogP contribution is 2.35. The molecule has 0 aromatic carbocycles. The summed E-state index contributed by atoms with van der Waals surface area (Å²) >= 11 is 0. The van der Waals surface area contributed by atoms with Crippen molar-refractivity contribution in [2.45, 2.75) is 43.7 Å². The Morgan fingerprint density at radius 3 is 3.04 bits per heavy atom. The average molecular weight is 331 g/mol. The van der Waals surface area contributed by atoms with Crippen LogP contribution in [0.15, 0.2) is 11.4 Å². The number of nitrogens with zero attached hydrogens (tertiary/aromatic N) is 7. The Labute approximate surface area is 136 Å². The number of nitrogens with one attached hydrogen (secondary N) is 1. The van der Waals surface area contributed by atoms with Crippen LogP contribution in [0.4, 0.5) is 11.8 Å². The van der Waals surface area contributed by atoms with Gasteiger partial charge in [0.15, 0.2) is 11.5 Å². The number of hydrogen-bond acceptors (Lipinski definition) is 8. The van der Waals surface area contributed by atoms with Crippen molar-refractivity contribution in [1.29, 1.82) is 0 Å². The van der Waals surface area contributed by atoms with Gasteiger partial charge in [0, 0.05) is 17.4 Å². The van der Waals surface area contributed by atoms with Crippen molar-refractivity contribution in [2.24, 2.45) is 5.11 Å². The molecule has 0 spiro atoms. The second kappa shape index (κ2) is 5.78. The molecule has 0 bridgehead atoms. The first-order valence-electron chi connectivity index (χ1n) is 7.76. The van der Waals surface area contributed by atoms with Gasteiger partial charge in [-0.05, 0) is 18.4 Å². The van der Waals surface area contributed by atoms with E-state index in [-0.39, 0.29) is 12.6 Å². The van der Waals surface area contributed by atoms with E-state index in [1.54, 1.807) is 10.9 Å². The number of aliphatic hydroxyl groups is 1. The van der Waals surface area contributed by atoms with Gasteiger partial charge in [-0.15, -0.1) is 0 Å². The molecule has 4 rings (SSSR count). The van der Waals surface area contributed by atoms with E-state index in [1.165, 1.54) is 0 Å². The molecule has 24 heavy (non-hydrogen) atoms. The molecule has 0 amide bonds. The lowest BCUT2D eigenvalue weighted by Crippen LogP contribution is -2.23. The molecule has 2 aromatic heterocycles. The van der Waals surface area contributed by atoms with Crippen molar-refractivity contribution in [3.05, 3.63) is 16.8 Å². The van der Waals surface area contributed by atoms with Crippen molar-refractivity contribution in [3.8, 4) is 0 Å². The molecular weight excluding hydrogens is 314 g/mol. The summed E-state index contributed by atoms with van der Waals surface area (Å²) in [6.45, 7) is -0.219. The third-order valence-corrected chi connectivity index (χ3v) is 4.26. The zero-order valence-corrected chi connectivity index (χ0v) is 12.8. The fourth-order valence-electron chi connectivity index (χ4n) is 2.94. The van der Waals surface area contributed by atoms with E-state index in [2.05, 4.69) is 30.3 Å². The number of rotatable bonds is 5. The number of imidazole rings is 1. The first-order chi connectivity index (χ1) is 11.7. The summed E-state index contributed by atoms with van der Waals surface area (Å²) in [4.78, 5) is 15.6. The second-order valence-electron chi connectivity index (χ2n) is 5.99. The number of nitrogens with two attached hydrogens (primary N) is 1. The maximum absolute atomic E-state index is 9.42. The number of aliphatic hydroxyl groups excluding tert-OH is 1. The number of aromatic nitrogens is 4. The molecular formula is C13H17N9O2. The van der Waals surface area contributed by atoms with E-state index in [0.717, 1.165) is 12.8 Å². The highest BCUT2D eigenvalue weighted by atomic mass is 16.5. The van der Waals surface area contributed by atoms with E-state index in [4.69, 9.17) is 16.0 Å². The zero-order valence-electron chi connectivity index (χ0n) is 12.8. The fourth-order valence-corrected chi connectivity index (χ4v) is 2.94. The van der Waals surface area contributed by atoms with Crippen LogP contribution in [0.25, 0.3) is 21.6 Å². The summed E-state index contributed by atoms with van der Waals surface area (Å²) < 4.78 is 7.63. The van der Waals surface area contributed by atoms with Crippen LogP contribution in [0.5, 0.6) is 0 Å². The van der Waals surface area contributed by atoms with E-state index in [9.17, 15) is 5.11 Å². The summed E-state index contributed by atoms with van der Waals surface area (Å²) in [5.74, 6) is 0.775. The number of hydrogen-bond donors (Lipinski definition) is 3. The van der Waals surface area contributed by atoms with Crippen LogP contribution in [-0.4, -0.2) is 49.4 Å². The van der Waals surface area contributed by atoms with Crippen molar-refractivity contribution >= 4 is 22.9 Å². The van der Waals surface area contributed by atoms with Crippen LogP contribution in [-0.2, 0) is 4.74 Å². The molecule has 1 saturated heterocycles. The predicted molar refractivity (Wildman–Crippen MR) is 84.9 cm³/mol. The standard InChI is InChI=1S/C13H17N9O2/c14-13-18-11-10(12(19-13)17-6-1-2-6)22(5-16-11)9-3-7(20-21-15)8(4-23)24-9/h5-9,23H,1-4H2,(H3,14,17,18,19)/t7?,8-,9-/m1/s1. The Morgan fingerprint density at radius 2 is 2.33 bits per heavy atom. The summed E-state index contributed by atoms with van der Waals surface area (Å²) in [7, 11) is 0. The zero-order chi connectivity index (χ0) is 16.7. The molecule has 2 aliphatic rings. The van der Waals surface area contributed by atoms with Gasteiger partial charge < -0.3 is 20.9 Å². The number of anilines is 2. The van der Waals surface area contributed by atoms with Crippen LogP contribution in [0.3, 0.4) is 0 Å². The van der Waals surface area contributed by atoms with Crippen molar-refractivity contribution in [1.82, 2.24) is 19.5 Å². The minimum absolute atomic E-state index is 0.156. The lowest BCUT2D eigenvalue weighted by Gasteiger charge is -2.16. The first kappa shape index (κ1) is 14.9. The second-order valence-corrected chi connectivity index (χ2v) is 5.99. The molecule has 2 aromatic rings. The van der Waals surface area contributed by atoms with Gasteiger partial charge in [0.25, 0.3) is 0 Å². The van der Waals surface area contributed by atoms with E-state index in [1.807, 2.05) is 0 Å². The van der Waals surface area contributed by atoms with Gasteiger partial charge in [0.05, 0.1) is 25.1 Å². The Morgan fingerprint density at radius 1 is 1.50 bits per heavy atom. The Bertz CT molecular complexity index is 811. The first-order valence-corrected chi connectivity index (χ1v) is 7.76. The average Bonchev–Trinajstić information content (AvgIpc) is 3.12. The summed E-state index contributed by atoms with van der Waals surface area (Å²) in [5.41, 5.74) is 15.6. The van der Waals surface area contributed by atoms with Crippen molar-refractivity contribution in [3.63, 3.8) is 0 Å². The molecule has 1 aliphatic heterocycles. The maximum Gasteiger partial charge on any atom is 0.224 e. The molecule has 11 nitrogen and oxygen atoms in total. The summed E-state index contributed by atoms with van der Waals surface area (Å²) in [6.07, 6.45) is 3.26. The third-order valence-electron chi connectivity index (χ3n) is 4.26. The Balaban J connectivity index is 1.73. The molecule has 126 valence electrons.